The number of rotatable bonds is 6. The topological polar surface area (TPSA) is 57.6 Å². The smallest absolute Gasteiger partial charge is 0.303 e. The first kappa shape index (κ1) is 16.8. The van der Waals surface area contributed by atoms with E-state index >= 15 is 0 Å². The summed E-state index contributed by atoms with van der Waals surface area (Å²) in [6, 6.07) is 7.57. The number of amides is 1. The molecule has 0 bridgehead atoms. The van der Waals surface area contributed by atoms with E-state index in [2.05, 4.69) is 0 Å². The molecule has 0 aliphatic carbocycles. The van der Waals surface area contributed by atoms with Crippen molar-refractivity contribution >= 4 is 23.5 Å². The summed E-state index contributed by atoms with van der Waals surface area (Å²) in [5, 5.41) is 9.46. The van der Waals surface area contributed by atoms with Crippen LogP contribution in [-0.2, 0) is 16.0 Å². The molecule has 0 spiro atoms. The minimum atomic E-state index is -0.758. The van der Waals surface area contributed by atoms with Gasteiger partial charge in [-0.15, -0.1) is 0 Å². The lowest BCUT2D eigenvalue weighted by Crippen LogP contribution is -2.40. The normalized spacial score (nSPS) is 18.2. The number of nitrogens with zero attached hydrogens (tertiary/aromatic N) is 1. The van der Waals surface area contributed by atoms with Gasteiger partial charge in [-0.25, -0.2) is 0 Å². The largest absolute Gasteiger partial charge is 0.481 e. The van der Waals surface area contributed by atoms with E-state index in [-0.39, 0.29) is 12.3 Å². The maximum absolute atomic E-state index is 12.3. The Kier molecular flexibility index (Phi) is 6.25. The predicted molar refractivity (Wildman–Crippen MR) is 85.9 cm³/mol. The SMILES string of the molecule is O=C(O)CC[C@H]1CCCN(C(=O)CCc2ccc(Cl)cc2)C1. The van der Waals surface area contributed by atoms with Crippen molar-refractivity contribution in [2.45, 2.75) is 38.5 Å². The maximum atomic E-state index is 12.3. The predicted octanol–water partition coefficient (Wildman–Crippen LogP) is 3.38. The lowest BCUT2D eigenvalue weighted by molar-refractivity contribution is -0.137. The van der Waals surface area contributed by atoms with Crippen molar-refractivity contribution in [3.05, 3.63) is 34.9 Å². The standard InChI is InChI=1S/C17H22ClNO3/c18-15-7-3-13(4-8-15)5-9-16(20)19-11-1-2-14(12-19)6-10-17(21)22/h3-4,7-8,14H,1-2,5-6,9-12H2,(H,21,22)/t14-/m1/s1. The van der Waals surface area contributed by atoms with Gasteiger partial charge in [-0.05, 0) is 49.3 Å². The number of hydrogen-bond donors (Lipinski definition) is 1. The van der Waals surface area contributed by atoms with Gasteiger partial charge >= 0.3 is 5.97 Å². The fourth-order valence-corrected chi connectivity index (χ4v) is 3.04. The van der Waals surface area contributed by atoms with Crippen molar-refractivity contribution in [3.63, 3.8) is 0 Å². The average Bonchev–Trinajstić information content (AvgIpc) is 2.52. The first-order chi connectivity index (χ1) is 10.5. The van der Waals surface area contributed by atoms with Gasteiger partial charge in [0, 0.05) is 31.0 Å². The van der Waals surface area contributed by atoms with Crippen LogP contribution in [0.3, 0.4) is 0 Å². The van der Waals surface area contributed by atoms with Crippen molar-refractivity contribution in [3.8, 4) is 0 Å². The highest BCUT2D eigenvalue weighted by Gasteiger charge is 2.23. The van der Waals surface area contributed by atoms with E-state index in [0.717, 1.165) is 24.9 Å². The molecule has 0 radical (unpaired) electrons. The molecule has 1 N–H and O–H groups in total. The van der Waals surface area contributed by atoms with E-state index in [1.54, 1.807) is 0 Å². The third-order valence-electron chi connectivity index (χ3n) is 4.18. The van der Waals surface area contributed by atoms with Gasteiger partial charge in [0.25, 0.3) is 0 Å². The van der Waals surface area contributed by atoms with Crippen LogP contribution >= 0.6 is 11.6 Å². The number of carboxylic acid groups (broad SMARTS) is 1. The zero-order valence-corrected chi connectivity index (χ0v) is 13.4. The number of piperidine rings is 1. The molecule has 1 amide bonds. The molecular formula is C17H22ClNO3. The molecule has 0 saturated carbocycles. The number of aryl methyl sites for hydroxylation is 1. The average molecular weight is 324 g/mol. The van der Waals surface area contributed by atoms with Crippen LogP contribution in [0.4, 0.5) is 0 Å². The Morgan fingerprint density at radius 1 is 1.23 bits per heavy atom. The molecule has 120 valence electrons. The Hall–Kier alpha value is -1.55. The van der Waals surface area contributed by atoms with Gasteiger partial charge in [0.1, 0.15) is 0 Å². The number of halogens is 1. The minimum absolute atomic E-state index is 0.162. The zero-order chi connectivity index (χ0) is 15.9. The van der Waals surface area contributed by atoms with Crippen molar-refractivity contribution in [2.75, 3.05) is 13.1 Å². The molecule has 0 aromatic heterocycles. The number of benzene rings is 1. The lowest BCUT2D eigenvalue weighted by Gasteiger charge is -2.32. The quantitative estimate of drug-likeness (QED) is 0.873. The highest BCUT2D eigenvalue weighted by molar-refractivity contribution is 6.30. The summed E-state index contributed by atoms with van der Waals surface area (Å²) in [6.07, 6.45) is 4.05. The molecule has 1 fully saturated rings. The monoisotopic (exact) mass is 323 g/mol. The molecule has 2 rings (SSSR count). The summed E-state index contributed by atoms with van der Waals surface area (Å²) in [6.45, 7) is 1.50. The van der Waals surface area contributed by atoms with Crippen LogP contribution in [0, 0.1) is 5.92 Å². The van der Waals surface area contributed by atoms with E-state index in [1.807, 2.05) is 29.2 Å². The highest BCUT2D eigenvalue weighted by Crippen LogP contribution is 2.22. The molecule has 1 aromatic rings. The van der Waals surface area contributed by atoms with Gasteiger partial charge in [0.2, 0.25) is 5.91 Å². The zero-order valence-electron chi connectivity index (χ0n) is 12.6. The Labute approximate surface area is 136 Å². The third-order valence-corrected chi connectivity index (χ3v) is 4.43. The third kappa shape index (κ3) is 5.34. The Morgan fingerprint density at radius 2 is 1.95 bits per heavy atom. The van der Waals surface area contributed by atoms with E-state index in [0.29, 0.717) is 36.7 Å². The summed E-state index contributed by atoms with van der Waals surface area (Å²) in [5.74, 6) is -0.273. The lowest BCUT2D eigenvalue weighted by atomic mass is 9.93. The molecule has 5 heteroatoms. The molecule has 22 heavy (non-hydrogen) atoms. The van der Waals surface area contributed by atoms with Gasteiger partial charge in [-0.1, -0.05) is 23.7 Å². The number of carboxylic acids is 1. The van der Waals surface area contributed by atoms with Gasteiger partial charge in [-0.3, -0.25) is 9.59 Å². The summed E-state index contributed by atoms with van der Waals surface area (Å²) >= 11 is 5.85. The Balaban J connectivity index is 1.78. The van der Waals surface area contributed by atoms with E-state index in [4.69, 9.17) is 16.7 Å². The number of carbonyl (C=O) groups is 2. The molecule has 1 aliphatic heterocycles. The van der Waals surface area contributed by atoms with Crippen LogP contribution in [0.5, 0.6) is 0 Å². The van der Waals surface area contributed by atoms with Crippen LogP contribution < -0.4 is 0 Å². The van der Waals surface area contributed by atoms with Crippen LogP contribution in [0.2, 0.25) is 5.02 Å². The molecule has 1 aliphatic rings. The van der Waals surface area contributed by atoms with E-state index < -0.39 is 5.97 Å². The van der Waals surface area contributed by atoms with Crippen LogP contribution in [0.1, 0.15) is 37.7 Å². The summed E-state index contributed by atoms with van der Waals surface area (Å²) in [7, 11) is 0. The van der Waals surface area contributed by atoms with Crippen molar-refractivity contribution < 1.29 is 14.7 Å². The van der Waals surface area contributed by atoms with Gasteiger partial charge in [-0.2, -0.15) is 0 Å². The highest BCUT2D eigenvalue weighted by atomic mass is 35.5. The second-order valence-electron chi connectivity index (χ2n) is 5.91. The number of hydrogen-bond acceptors (Lipinski definition) is 2. The van der Waals surface area contributed by atoms with Gasteiger partial charge < -0.3 is 10.0 Å². The Bertz CT molecular complexity index is 515. The number of carbonyl (C=O) groups excluding carboxylic acids is 1. The van der Waals surface area contributed by atoms with Crippen molar-refractivity contribution in [2.24, 2.45) is 5.92 Å². The number of likely N-dealkylation sites (tertiary alicyclic amines) is 1. The van der Waals surface area contributed by atoms with E-state index in [1.165, 1.54) is 0 Å². The number of aliphatic carboxylic acids is 1. The van der Waals surface area contributed by atoms with Gasteiger partial charge in [0.05, 0.1) is 0 Å². The molecule has 1 saturated heterocycles. The molecule has 1 aromatic carbocycles. The second kappa shape index (κ2) is 8.18. The fourth-order valence-electron chi connectivity index (χ4n) is 2.92. The summed E-state index contributed by atoms with van der Waals surface area (Å²) < 4.78 is 0. The second-order valence-corrected chi connectivity index (χ2v) is 6.34. The maximum Gasteiger partial charge on any atom is 0.303 e. The first-order valence-corrected chi connectivity index (χ1v) is 8.16. The molecule has 4 nitrogen and oxygen atoms in total. The summed E-state index contributed by atoms with van der Waals surface area (Å²) in [4.78, 5) is 24.9. The first-order valence-electron chi connectivity index (χ1n) is 7.78. The van der Waals surface area contributed by atoms with Crippen LogP contribution in [0.25, 0.3) is 0 Å². The van der Waals surface area contributed by atoms with Crippen LogP contribution in [-0.4, -0.2) is 35.0 Å². The fraction of sp³-hybridized carbons (Fsp3) is 0.529. The molecule has 1 atom stereocenters. The molecular weight excluding hydrogens is 302 g/mol. The Morgan fingerprint density at radius 3 is 2.64 bits per heavy atom. The minimum Gasteiger partial charge on any atom is -0.481 e. The molecule has 1 heterocycles. The summed E-state index contributed by atoms with van der Waals surface area (Å²) in [5.41, 5.74) is 1.11. The van der Waals surface area contributed by atoms with Crippen molar-refractivity contribution in [1.29, 1.82) is 0 Å². The van der Waals surface area contributed by atoms with Crippen LogP contribution in [0.15, 0.2) is 24.3 Å². The van der Waals surface area contributed by atoms with E-state index in [9.17, 15) is 9.59 Å². The van der Waals surface area contributed by atoms with Crippen molar-refractivity contribution in [1.82, 2.24) is 4.90 Å². The van der Waals surface area contributed by atoms with Gasteiger partial charge in [0.15, 0.2) is 0 Å². The molecule has 0 unspecified atom stereocenters.